The van der Waals surface area contributed by atoms with Crippen LogP contribution in [0.1, 0.15) is 12.0 Å². The first kappa shape index (κ1) is 23.3. The summed E-state index contributed by atoms with van der Waals surface area (Å²) in [4.78, 5) is 46.8. The Balaban J connectivity index is 2.26. The van der Waals surface area contributed by atoms with Crippen LogP contribution in [0.4, 0.5) is 4.79 Å². The molecule has 154 valence electrons. The zero-order valence-corrected chi connectivity index (χ0v) is 16.7. The summed E-state index contributed by atoms with van der Waals surface area (Å²) in [6.45, 7) is -0.582. The molecule has 0 heterocycles. The van der Waals surface area contributed by atoms with Gasteiger partial charge in [-0.3, -0.25) is 9.59 Å². The number of carbonyl (C=O) groups is 4. The van der Waals surface area contributed by atoms with Gasteiger partial charge in [-0.2, -0.15) is 11.8 Å². The second-order valence-corrected chi connectivity index (χ2v) is 6.60. The fraction of sp³-hybridized carbons (Fsp3) is 0.444. The highest BCUT2D eigenvalue weighted by Gasteiger charge is 2.21. The van der Waals surface area contributed by atoms with Crippen molar-refractivity contribution in [3.05, 3.63) is 35.9 Å². The molecule has 0 radical (unpaired) electrons. The molecule has 0 unspecified atom stereocenters. The van der Waals surface area contributed by atoms with E-state index in [0.717, 1.165) is 5.56 Å². The van der Waals surface area contributed by atoms with Crippen molar-refractivity contribution in [2.45, 2.75) is 19.1 Å². The van der Waals surface area contributed by atoms with E-state index in [1.165, 1.54) is 18.9 Å². The van der Waals surface area contributed by atoms with Gasteiger partial charge in [0.2, 0.25) is 11.8 Å². The summed E-state index contributed by atoms with van der Waals surface area (Å²) in [7, 11) is 1.24. The number of thioether (sulfide) groups is 1. The predicted octanol–water partition coefficient (Wildman–Crippen LogP) is 0.440. The van der Waals surface area contributed by atoms with Crippen LogP contribution in [0.15, 0.2) is 30.3 Å². The minimum Gasteiger partial charge on any atom is -0.467 e. The number of nitrogens with one attached hydrogen (secondary N) is 3. The highest BCUT2D eigenvalue weighted by atomic mass is 32.2. The monoisotopic (exact) mass is 411 g/mol. The molecule has 0 aromatic heterocycles. The lowest BCUT2D eigenvalue weighted by Gasteiger charge is -2.16. The van der Waals surface area contributed by atoms with Gasteiger partial charge in [0.25, 0.3) is 0 Å². The molecular weight excluding hydrogens is 386 g/mol. The Bertz CT molecular complexity index is 656. The Labute approximate surface area is 167 Å². The van der Waals surface area contributed by atoms with Gasteiger partial charge >= 0.3 is 12.1 Å². The normalized spacial score (nSPS) is 11.1. The van der Waals surface area contributed by atoms with Gasteiger partial charge in [-0.15, -0.1) is 0 Å². The Morgan fingerprint density at radius 3 is 2.36 bits per heavy atom. The molecule has 1 aromatic carbocycles. The van der Waals surface area contributed by atoms with Crippen molar-refractivity contribution in [3.63, 3.8) is 0 Å². The zero-order valence-electron chi connectivity index (χ0n) is 15.9. The third-order valence-corrected chi connectivity index (χ3v) is 4.13. The van der Waals surface area contributed by atoms with Crippen LogP contribution in [0.2, 0.25) is 0 Å². The number of hydrogen-bond acceptors (Lipinski definition) is 7. The summed E-state index contributed by atoms with van der Waals surface area (Å²) in [5.74, 6) is -0.972. The fourth-order valence-electron chi connectivity index (χ4n) is 2.04. The second kappa shape index (κ2) is 13.4. The van der Waals surface area contributed by atoms with Gasteiger partial charge in [-0.05, 0) is 24.0 Å². The first-order valence-electron chi connectivity index (χ1n) is 8.53. The SMILES string of the molecule is COC(=O)[C@@H](CCSC)NC(=O)CNC(=O)CNC(=O)OCc1ccccc1. The Hall–Kier alpha value is -2.75. The van der Waals surface area contributed by atoms with Gasteiger partial charge in [-0.1, -0.05) is 30.3 Å². The number of esters is 1. The first-order valence-corrected chi connectivity index (χ1v) is 9.93. The molecule has 0 saturated heterocycles. The molecular formula is C18H25N3O6S. The van der Waals surface area contributed by atoms with Crippen molar-refractivity contribution in [2.75, 3.05) is 32.2 Å². The summed E-state index contributed by atoms with van der Waals surface area (Å²) in [5.41, 5.74) is 0.820. The van der Waals surface area contributed by atoms with Crippen LogP contribution in [-0.2, 0) is 30.5 Å². The molecule has 0 fully saturated rings. The highest BCUT2D eigenvalue weighted by Crippen LogP contribution is 2.02. The van der Waals surface area contributed by atoms with Gasteiger partial charge in [0.1, 0.15) is 19.2 Å². The molecule has 3 N–H and O–H groups in total. The van der Waals surface area contributed by atoms with Gasteiger partial charge in [0.05, 0.1) is 13.7 Å². The number of alkyl carbamates (subject to hydrolysis) is 1. The third-order valence-electron chi connectivity index (χ3n) is 3.48. The zero-order chi connectivity index (χ0) is 20.8. The average Bonchev–Trinajstić information content (AvgIpc) is 2.72. The maximum absolute atomic E-state index is 11.9. The highest BCUT2D eigenvalue weighted by molar-refractivity contribution is 7.98. The molecule has 28 heavy (non-hydrogen) atoms. The molecule has 9 nitrogen and oxygen atoms in total. The Morgan fingerprint density at radius 2 is 1.71 bits per heavy atom. The van der Waals surface area contributed by atoms with E-state index in [4.69, 9.17) is 4.74 Å². The van der Waals surface area contributed by atoms with E-state index in [2.05, 4.69) is 20.7 Å². The van der Waals surface area contributed by atoms with Gasteiger partial charge in [0.15, 0.2) is 0 Å². The summed E-state index contributed by atoms with van der Waals surface area (Å²) in [6, 6.07) is 8.33. The minimum absolute atomic E-state index is 0.0850. The van der Waals surface area contributed by atoms with E-state index in [0.29, 0.717) is 12.2 Å². The van der Waals surface area contributed by atoms with E-state index in [9.17, 15) is 19.2 Å². The lowest BCUT2D eigenvalue weighted by Crippen LogP contribution is -2.47. The van der Waals surface area contributed by atoms with Crippen molar-refractivity contribution in [1.29, 1.82) is 0 Å². The second-order valence-electron chi connectivity index (χ2n) is 5.62. The predicted molar refractivity (Wildman–Crippen MR) is 105 cm³/mol. The number of rotatable bonds is 11. The molecule has 0 aliphatic rings. The molecule has 3 amide bonds. The minimum atomic E-state index is -0.770. The van der Waals surface area contributed by atoms with E-state index < -0.39 is 29.9 Å². The summed E-state index contributed by atoms with van der Waals surface area (Å²) in [5, 5.41) is 7.15. The van der Waals surface area contributed by atoms with E-state index in [1.54, 1.807) is 12.1 Å². The van der Waals surface area contributed by atoms with Crippen LogP contribution in [0.3, 0.4) is 0 Å². The van der Waals surface area contributed by atoms with Crippen LogP contribution in [-0.4, -0.2) is 62.1 Å². The maximum Gasteiger partial charge on any atom is 0.407 e. The molecule has 0 saturated carbocycles. The van der Waals surface area contributed by atoms with Crippen molar-refractivity contribution in [2.24, 2.45) is 0 Å². The van der Waals surface area contributed by atoms with Crippen LogP contribution in [0, 0.1) is 0 Å². The molecule has 0 spiro atoms. The summed E-state index contributed by atoms with van der Waals surface area (Å²) in [6.07, 6.45) is 1.56. The quantitative estimate of drug-likeness (QED) is 0.452. The number of amides is 3. The Morgan fingerprint density at radius 1 is 1.04 bits per heavy atom. The van der Waals surface area contributed by atoms with E-state index in [-0.39, 0.29) is 19.7 Å². The molecule has 1 rings (SSSR count). The van der Waals surface area contributed by atoms with Gasteiger partial charge in [-0.25, -0.2) is 9.59 Å². The molecule has 1 aromatic rings. The topological polar surface area (TPSA) is 123 Å². The number of carbonyl (C=O) groups excluding carboxylic acids is 4. The summed E-state index contributed by atoms with van der Waals surface area (Å²) < 4.78 is 9.61. The fourth-order valence-corrected chi connectivity index (χ4v) is 2.51. The summed E-state index contributed by atoms with van der Waals surface area (Å²) >= 11 is 1.53. The molecule has 1 atom stereocenters. The third kappa shape index (κ3) is 9.81. The van der Waals surface area contributed by atoms with E-state index in [1.807, 2.05) is 24.5 Å². The van der Waals surface area contributed by atoms with Crippen molar-refractivity contribution in [3.8, 4) is 0 Å². The van der Waals surface area contributed by atoms with Crippen LogP contribution in [0.25, 0.3) is 0 Å². The van der Waals surface area contributed by atoms with Crippen LogP contribution >= 0.6 is 11.8 Å². The lowest BCUT2D eigenvalue weighted by atomic mass is 10.2. The standard InChI is InChI=1S/C18H25N3O6S/c1-26-17(24)14(8-9-28-2)21-16(23)11-19-15(22)10-20-18(25)27-12-13-6-4-3-5-7-13/h3-7,14H,8-12H2,1-2H3,(H,19,22)(H,20,25)(H,21,23)/t14-/m1/s1. The maximum atomic E-state index is 11.9. The molecule has 10 heteroatoms. The average molecular weight is 411 g/mol. The largest absolute Gasteiger partial charge is 0.467 e. The number of hydrogen-bond donors (Lipinski definition) is 3. The van der Waals surface area contributed by atoms with Gasteiger partial charge in [0, 0.05) is 0 Å². The number of methoxy groups -OCH3 is 1. The molecule has 0 aliphatic carbocycles. The smallest absolute Gasteiger partial charge is 0.407 e. The first-order chi connectivity index (χ1) is 13.5. The number of benzene rings is 1. The van der Waals surface area contributed by atoms with Crippen molar-refractivity contribution >= 4 is 35.6 Å². The van der Waals surface area contributed by atoms with Crippen molar-refractivity contribution < 1.29 is 28.7 Å². The van der Waals surface area contributed by atoms with Crippen LogP contribution in [0.5, 0.6) is 0 Å². The van der Waals surface area contributed by atoms with Gasteiger partial charge < -0.3 is 25.4 Å². The molecule has 0 bridgehead atoms. The van der Waals surface area contributed by atoms with Crippen molar-refractivity contribution in [1.82, 2.24) is 16.0 Å². The number of ether oxygens (including phenoxy) is 2. The Kier molecular flexibility index (Phi) is 11.2. The van der Waals surface area contributed by atoms with E-state index >= 15 is 0 Å². The lowest BCUT2D eigenvalue weighted by molar-refractivity contribution is -0.145. The van der Waals surface area contributed by atoms with Crippen LogP contribution < -0.4 is 16.0 Å². The molecule has 0 aliphatic heterocycles.